The molecule has 0 spiro atoms. The first-order chi connectivity index (χ1) is 6.55. The van der Waals surface area contributed by atoms with Crippen LogP contribution in [0.2, 0.25) is 0 Å². The van der Waals surface area contributed by atoms with Gasteiger partial charge in [-0.15, -0.1) is 0 Å². The van der Waals surface area contributed by atoms with Gasteiger partial charge in [0, 0.05) is 18.6 Å². The molecule has 4 heteroatoms. The van der Waals surface area contributed by atoms with Gasteiger partial charge in [-0.05, 0) is 41.5 Å². The van der Waals surface area contributed by atoms with Gasteiger partial charge in [0.05, 0.1) is 0 Å². The van der Waals surface area contributed by atoms with Crippen LogP contribution >= 0.6 is 0 Å². The third kappa shape index (κ3) is 7.19. The lowest BCUT2D eigenvalue weighted by atomic mass is 10.1. The second-order valence-corrected chi connectivity index (χ2v) is 5.48. The number of carbonyl (C=O) groups excluding carboxylic acids is 1. The van der Waals surface area contributed by atoms with E-state index < -0.39 is 11.1 Å². The third-order valence-corrected chi connectivity index (χ3v) is 1.63. The van der Waals surface area contributed by atoms with E-state index in [2.05, 4.69) is 0 Å². The van der Waals surface area contributed by atoms with Crippen molar-refractivity contribution in [2.45, 2.75) is 52.7 Å². The molecule has 0 aliphatic rings. The quantitative estimate of drug-likeness (QED) is 0.784. The predicted octanol–water partition coefficient (Wildman–Crippen LogP) is 1.98. The summed E-state index contributed by atoms with van der Waals surface area (Å²) < 4.78 is 5.27. The molecule has 0 saturated carbocycles. The van der Waals surface area contributed by atoms with Crippen LogP contribution in [0.1, 0.15) is 41.5 Å². The number of nitrogens with zero attached hydrogens (tertiary/aromatic N) is 1. The Morgan fingerprint density at radius 2 is 1.73 bits per heavy atom. The van der Waals surface area contributed by atoms with Crippen molar-refractivity contribution in [3.63, 3.8) is 0 Å². The smallest absolute Gasteiger partial charge is 0.410 e. The van der Waals surface area contributed by atoms with Crippen LogP contribution in [0, 0.1) is 0 Å². The molecule has 0 fully saturated rings. The average molecular weight is 216 g/mol. The summed E-state index contributed by atoms with van der Waals surface area (Å²) in [5, 5.41) is 0. The Balaban J connectivity index is 4.36. The summed E-state index contributed by atoms with van der Waals surface area (Å²) in [6.07, 6.45) is -0.302. The number of amides is 1. The number of hydrogen-bond acceptors (Lipinski definition) is 3. The molecule has 0 radical (unpaired) electrons. The molecule has 0 aromatic heterocycles. The number of hydrogen-bond donors (Lipinski definition) is 1. The Hall–Kier alpha value is -0.770. The fraction of sp³-hybridized carbons (Fsp3) is 0.909. The van der Waals surface area contributed by atoms with Crippen LogP contribution in [-0.4, -0.2) is 35.2 Å². The molecule has 0 unspecified atom stereocenters. The fourth-order valence-corrected chi connectivity index (χ4v) is 1.12. The van der Waals surface area contributed by atoms with E-state index in [1.165, 1.54) is 0 Å². The molecule has 0 aromatic rings. The summed E-state index contributed by atoms with van der Waals surface area (Å²) >= 11 is 0. The summed E-state index contributed by atoms with van der Waals surface area (Å²) in [6, 6.07) is 0. The third-order valence-electron chi connectivity index (χ3n) is 1.63. The maximum absolute atomic E-state index is 11.7. The lowest BCUT2D eigenvalue weighted by Gasteiger charge is -2.31. The van der Waals surface area contributed by atoms with Gasteiger partial charge in [0.1, 0.15) is 5.60 Å². The lowest BCUT2D eigenvalue weighted by Crippen LogP contribution is -2.48. The number of likely N-dealkylation sites (N-methyl/N-ethyl adjacent to an activating group) is 1. The van der Waals surface area contributed by atoms with Crippen molar-refractivity contribution in [2.24, 2.45) is 5.73 Å². The Morgan fingerprint density at radius 3 is 2.00 bits per heavy atom. The number of carbonyl (C=O) groups is 1. The highest BCUT2D eigenvalue weighted by Gasteiger charge is 2.24. The van der Waals surface area contributed by atoms with Crippen molar-refractivity contribution in [1.82, 2.24) is 4.90 Å². The van der Waals surface area contributed by atoms with Crippen molar-refractivity contribution in [1.29, 1.82) is 0 Å². The molecule has 4 nitrogen and oxygen atoms in total. The zero-order valence-corrected chi connectivity index (χ0v) is 10.8. The van der Waals surface area contributed by atoms with E-state index in [-0.39, 0.29) is 6.09 Å². The Kier molecular flexibility index (Phi) is 4.59. The van der Waals surface area contributed by atoms with Crippen LogP contribution in [-0.2, 0) is 4.74 Å². The molecule has 0 bridgehead atoms. The van der Waals surface area contributed by atoms with E-state index in [0.717, 1.165) is 0 Å². The van der Waals surface area contributed by atoms with Crippen molar-refractivity contribution in [3.05, 3.63) is 0 Å². The molecule has 0 atom stereocenters. The van der Waals surface area contributed by atoms with E-state index in [9.17, 15) is 4.79 Å². The van der Waals surface area contributed by atoms with E-state index in [1.54, 1.807) is 4.90 Å². The first-order valence-corrected chi connectivity index (χ1v) is 5.32. The van der Waals surface area contributed by atoms with Crippen LogP contribution in [0.25, 0.3) is 0 Å². The number of rotatable bonds is 3. The maximum Gasteiger partial charge on any atom is 0.410 e. The fourth-order valence-electron chi connectivity index (χ4n) is 1.12. The first-order valence-electron chi connectivity index (χ1n) is 5.32. The lowest BCUT2D eigenvalue weighted by molar-refractivity contribution is 0.0228. The molecule has 0 aromatic carbocycles. The van der Waals surface area contributed by atoms with Crippen LogP contribution in [0.4, 0.5) is 4.79 Å². The van der Waals surface area contributed by atoms with Gasteiger partial charge < -0.3 is 15.4 Å². The van der Waals surface area contributed by atoms with E-state index >= 15 is 0 Å². The molecular weight excluding hydrogens is 192 g/mol. The zero-order chi connectivity index (χ0) is 12.3. The molecule has 2 N–H and O–H groups in total. The molecule has 1 amide bonds. The molecule has 0 aliphatic carbocycles. The molecular formula is C11H24N2O2. The van der Waals surface area contributed by atoms with Gasteiger partial charge in [0.25, 0.3) is 0 Å². The van der Waals surface area contributed by atoms with Crippen LogP contribution in [0.3, 0.4) is 0 Å². The number of ether oxygens (including phenoxy) is 1. The van der Waals surface area contributed by atoms with Gasteiger partial charge in [-0.2, -0.15) is 0 Å². The average Bonchev–Trinajstić information content (AvgIpc) is 1.94. The SMILES string of the molecule is CCN(CC(C)(C)N)C(=O)OC(C)(C)C. The summed E-state index contributed by atoms with van der Waals surface area (Å²) in [4.78, 5) is 13.3. The van der Waals surface area contributed by atoms with Crippen molar-refractivity contribution >= 4 is 6.09 Å². The minimum absolute atomic E-state index is 0.302. The highest BCUT2D eigenvalue weighted by molar-refractivity contribution is 5.68. The van der Waals surface area contributed by atoms with E-state index in [1.807, 2.05) is 41.5 Å². The standard InChI is InChI=1S/C11H24N2O2/c1-7-13(8-11(5,6)12)9(14)15-10(2,3)4/h7-8,12H2,1-6H3. The molecule has 0 saturated heterocycles. The summed E-state index contributed by atoms with van der Waals surface area (Å²) in [5.41, 5.74) is 5.01. The molecule has 0 aliphatic heterocycles. The van der Waals surface area contributed by atoms with Gasteiger partial charge in [0.2, 0.25) is 0 Å². The zero-order valence-electron chi connectivity index (χ0n) is 10.8. The van der Waals surface area contributed by atoms with E-state index in [0.29, 0.717) is 13.1 Å². The highest BCUT2D eigenvalue weighted by atomic mass is 16.6. The predicted molar refractivity (Wildman–Crippen MR) is 61.7 cm³/mol. The summed E-state index contributed by atoms with van der Waals surface area (Å²) in [5.74, 6) is 0. The molecule has 90 valence electrons. The van der Waals surface area contributed by atoms with E-state index in [4.69, 9.17) is 10.5 Å². The Labute approximate surface area is 92.8 Å². The largest absolute Gasteiger partial charge is 0.444 e. The topological polar surface area (TPSA) is 55.6 Å². The minimum atomic E-state index is -0.455. The Bertz CT molecular complexity index is 214. The maximum atomic E-state index is 11.7. The highest BCUT2D eigenvalue weighted by Crippen LogP contribution is 2.11. The van der Waals surface area contributed by atoms with Gasteiger partial charge in [-0.1, -0.05) is 0 Å². The molecule has 0 heterocycles. The van der Waals surface area contributed by atoms with Crippen LogP contribution in [0.5, 0.6) is 0 Å². The second kappa shape index (κ2) is 4.84. The van der Waals surface area contributed by atoms with Gasteiger partial charge in [-0.3, -0.25) is 0 Å². The van der Waals surface area contributed by atoms with Gasteiger partial charge in [-0.25, -0.2) is 4.79 Å². The van der Waals surface area contributed by atoms with Crippen LogP contribution < -0.4 is 5.73 Å². The second-order valence-electron chi connectivity index (χ2n) is 5.48. The first kappa shape index (κ1) is 14.2. The Morgan fingerprint density at radius 1 is 1.27 bits per heavy atom. The molecule has 0 rings (SSSR count). The minimum Gasteiger partial charge on any atom is -0.444 e. The monoisotopic (exact) mass is 216 g/mol. The normalized spacial score (nSPS) is 12.5. The van der Waals surface area contributed by atoms with Crippen molar-refractivity contribution < 1.29 is 9.53 Å². The van der Waals surface area contributed by atoms with Gasteiger partial charge >= 0.3 is 6.09 Å². The van der Waals surface area contributed by atoms with Gasteiger partial charge in [0.15, 0.2) is 0 Å². The number of nitrogens with two attached hydrogens (primary N) is 1. The van der Waals surface area contributed by atoms with Crippen molar-refractivity contribution in [2.75, 3.05) is 13.1 Å². The van der Waals surface area contributed by atoms with Crippen molar-refractivity contribution in [3.8, 4) is 0 Å². The van der Waals surface area contributed by atoms with Crippen LogP contribution in [0.15, 0.2) is 0 Å². The molecule has 15 heavy (non-hydrogen) atoms. The summed E-state index contributed by atoms with van der Waals surface area (Å²) in [7, 11) is 0. The summed E-state index contributed by atoms with van der Waals surface area (Å²) in [6.45, 7) is 12.4.